The van der Waals surface area contributed by atoms with Crippen molar-refractivity contribution in [1.29, 1.82) is 0 Å². The Balaban J connectivity index is 1.68. The third-order valence-corrected chi connectivity index (χ3v) is 6.24. The van der Waals surface area contributed by atoms with Gasteiger partial charge in [-0.3, -0.25) is 4.90 Å². The van der Waals surface area contributed by atoms with E-state index in [1.807, 2.05) is 24.3 Å². The average molecular weight is 423 g/mol. The lowest BCUT2D eigenvalue weighted by Gasteiger charge is -2.45. The van der Waals surface area contributed by atoms with Crippen LogP contribution in [0.25, 0.3) is 0 Å². The second-order valence-electron chi connectivity index (χ2n) is 8.14. The van der Waals surface area contributed by atoms with Crippen LogP contribution >= 0.6 is 11.6 Å². The number of nitrogens with zero attached hydrogens (tertiary/aromatic N) is 2. The monoisotopic (exact) mass is 422 g/mol. The highest BCUT2D eigenvalue weighted by atomic mass is 35.5. The lowest BCUT2D eigenvalue weighted by atomic mass is 9.82. The van der Waals surface area contributed by atoms with E-state index in [9.17, 15) is 9.90 Å². The third-order valence-electron chi connectivity index (χ3n) is 5.99. The first-order valence-electron chi connectivity index (χ1n) is 10.1. The summed E-state index contributed by atoms with van der Waals surface area (Å²) in [6.45, 7) is 0.833. The first-order valence-corrected chi connectivity index (χ1v) is 10.5. The lowest BCUT2D eigenvalue weighted by molar-refractivity contribution is -0.162. The van der Waals surface area contributed by atoms with Crippen LogP contribution < -0.4 is 11.6 Å². The van der Waals surface area contributed by atoms with Crippen LogP contribution in [0.4, 0.5) is 0 Å². The fourth-order valence-corrected chi connectivity index (χ4v) is 4.59. The van der Waals surface area contributed by atoms with Gasteiger partial charge in [0.15, 0.2) is 6.10 Å². The number of ether oxygens (including phenoxy) is 1. The molecule has 29 heavy (non-hydrogen) atoms. The van der Waals surface area contributed by atoms with Crippen LogP contribution in [0, 0.1) is 5.92 Å². The number of carboxylic acid groups (broad SMARTS) is 1. The number of rotatable bonds is 6. The minimum absolute atomic E-state index is 0.149. The molecule has 2 aliphatic rings. The second kappa shape index (κ2) is 9.80. The van der Waals surface area contributed by atoms with Crippen LogP contribution in [0.3, 0.4) is 0 Å². The Hall–Kier alpha value is -1.80. The topological polar surface area (TPSA) is 105 Å². The molecule has 0 aromatic heterocycles. The van der Waals surface area contributed by atoms with Gasteiger partial charge in [0.25, 0.3) is 0 Å². The van der Waals surface area contributed by atoms with E-state index in [1.165, 1.54) is 10.6 Å². The molecule has 1 aliphatic carbocycles. The minimum Gasteiger partial charge on any atom is -0.479 e. The Bertz CT molecular complexity index is 717. The largest absolute Gasteiger partial charge is 0.479 e. The zero-order chi connectivity index (χ0) is 21.0. The Morgan fingerprint density at radius 2 is 1.97 bits per heavy atom. The molecule has 3 rings (SSSR count). The van der Waals surface area contributed by atoms with Gasteiger partial charge in [0.2, 0.25) is 0 Å². The number of carbonyl (C=O) groups is 1. The first kappa shape index (κ1) is 21.9. The number of halogens is 1. The highest BCUT2D eigenvalue weighted by Crippen LogP contribution is 2.33. The van der Waals surface area contributed by atoms with Crippen molar-refractivity contribution in [2.45, 2.75) is 50.3 Å². The van der Waals surface area contributed by atoms with Crippen molar-refractivity contribution in [3.05, 3.63) is 46.7 Å². The van der Waals surface area contributed by atoms with Crippen molar-refractivity contribution >= 4 is 17.6 Å². The van der Waals surface area contributed by atoms with E-state index in [0.29, 0.717) is 30.1 Å². The van der Waals surface area contributed by atoms with Gasteiger partial charge < -0.3 is 20.6 Å². The van der Waals surface area contributed by atoms with Crippen LogP contribution in [-0.4, -0.2) is 59.4 Å². The Kier molecular flexibility index (Phi) is 7.40. The minimum atomic E-state index is -0.896. The molecule has 7 nitrogen and oxygen atoms in total. The Morgan fingerprint density at radius 1 is 1.31 bits per heavy atom. The molecule has 1 aliphatic heterocycles. The van der Waals surface area contributed by atoms with E-state index >= 15 is 0 Å². The van der Waals surface area contributed by atoms with Crippen molar-refractivity contribution in [3.8, 4) is 0 Å². The molecule has 1 saturated carbocycles. The molecule has 2 fully saturated rings. The van der Waals surface area contributed by atoms with Crippen molar-refractivity contribution in [3.63, 3.8) is 0 Å². The molecule has 2 unspecified atom stereocenters. The van der Waals surface area contributed by atoms with Crippen molar-refractivity contribution < 1.29 is 14.6 Å². The molecule has 1 aromatic rings. The summed E-state index contributed by atoms with van der Waals surface area (Å²) < 4.78 is 5.66. The van der Waals surface area contributed by atoms with Crippen LogP contribution in [0.1, 0.15) is 31.2 Å². The maximum absolute atomic E-state index is 11.5. The Labute approximate surface area is 177 Å². The van der Waals surface area contributed by atoms with Crippen LogP contribution in [0.5, 0.6) is 0 Å². The van der Waals surface area contributed by atoms with Gasteiger partial charge >= 0.3 is 5.97 Å². The second-order valence-corrected chi connectivity index (χ2v) is 8.58. The number of morpholine rings is 1. The molecule has 5 N–H and O–H groups in total. The van der Waals surface area contributed by atoms with E-state index in [1.54, 1.807) is 13.2 Å². The molecule has 0 amide bonds. The van der Waals surface area contributed by atoms with E-state index in [-0.39, 0.29) is 6.04 Å². The van der Waals surface area contributed by atoms with Gasteiger partial charge in [-0.25, -0.2) is 10.6 Å². The molecular formula is C21H31ClN4O3. The zero-order valence-corrected chi connectivity index (χ0v) is 17.6. The standard InChI is InChI=1S/C21H31ClN4O3/c1-25(24)11-19(23)15-4-8-17(9-5-15)26-12-20(21(27)28)29-13-18(26)10-14-2-6-16(22)7-3-14/h2-3,6-7,11,15,17-18,20H,4-5,8-10,12-13,23-24H2,1H3,(H,27,28)/b19-11-. The molecule has 0 bridgehead atoms. The molecule has 8 heteroatoms. The van der Waals surface area contributed by atoms with Gasteiger partial charge in [0.05, 0.1) is 6.61 Å². The smallest absolute Gasteiger partial charge is 0.334 e. The van der Waals surface area contributed by atoms with E-state index in [0.717, 1.165) is 37.8 Å². The quantitative estimate of drug-likeness (QED) is 0.476. The molecule has 0 radical (unpaired) electrons. The summed E-state index contributed by atoms with van der Waals surface area (Å²) in [6, 6.07) is 8.30. The normalized spacial score (nSPS) is 28.9. The van der Waals surface area contributed by atoms with Crippen molar-refractivity contribution in [2.75, 3.05) is 20.2 Å². The van der Waals surface area contributed by atoms with Gasteiger partial charge in [-0.1, -0.05) is 23.7 Å². The fourth-order valence-electron chi connectivity index (χ4n) is 4.46. The lowest BCUT2D eigenvalue weighted by Crippen LogP contribution is -2.57. The molecule has 1 heterocycles. The van der Waals surface area contributed by atoms with Crippen LogP contribution in [0.15, 0.2) is 36.2 Å². The molecule has 160 valence electrons. The summed E-state index contributed by atoms with van der Waals surface area (Å²) in [7, 11) is 1.76. The zero-order valence-electron chi connectivity index (χ0n) is 16.8. The van der Waals surface area contributed by atoms with Gasteiger partial charge in [-0.05, 0) is 49.8 Å². The summed E-state index contributed by atoms with van der Waals surface area (Å²) in [4.78, 5) is 13.9. The molecule has 0 spiro atoms. The number of allylic oxidation sites excluding steroid dienone is 1. The van der Waals surface area contributed by atoms with E-state index in [4.69, 9.17) is 27.9 Å². The van der Waals surface area contributed by atoms with E-state index in [2.05, 4.69) is 4.90 Å². The van der Waals surface area contributed by atoms with E-state index < -0.39 is 12.1 Å². The number of hydrogen-bond donors (Lipinski definition) is 3. The van der Waals surface area contributed by atoms with Gasteiger partial charge in [0, 0.05) is 48.5 Å². The summed E-state index contributed by atoms with van der Waals surface area (Å²) in [5, 5.41) is 11.7. The number of benzene rings is 1. The molecule has 1 aromatic carbocycles. The SMILES string of the molecule is CN(N)/C=C(\N)C1CCC(N2CC(C(=O)O)OCC2Cc2ccc(Cl)cc2)CC1. The fraction of sp³-hybridized carbons (Fsp3) is 0.571. The number of hydrogen-bond acceptors (Lipinski definition) is 6. The summed E-state index contributed by atoms with van der Waals surface area (Å²) in [5.41, 5.74) is 8.18. The molecule has 1 saturated heterocycles. The van der Waals surface area contributed by atoms with Gasteiger partial charge in [-0.15, -0.1) is 0 Å². The first-order chi connectivity index (χ1) is 13.8. The number of aliphatic carboxylic acids is 1. The number of carboxylic acids is 1. The average Bonchev–Trinajstić information content (AvgIpc) is 2.69. The summed E-state index contributed by atoms with van der Waals surface area (Å²) in [6.07, 6.45) is 5.73. The summed E-state index contributed by atoms with van der Waals surface area (Å²) >= 11 is 6.00. The number of hydrazine groups is 1. The maximum Gasteiger partial charge on any atom is 0.334 e. The Morgan fingerprint density at radius 3 is 2.55 bits per heavy atom. The highest BCUT2D eigenvalue weighted by molar-refractivity contribution is 6.30. The predicted molar refractivity (Wildman–Crippen MR) is 113 cm³/mol. The van der Waals surface area contributed by atoms with Gasteiger partial charge in [0.1, 0.15) is 0 Å². The maximum atomic E-state index is 11.5. The third kappa shape index (κ3) is 5.85. The van der Waals surface area contributed by atoms with Crippen molar-refractivity contribution in [2.24, 2.45) is 17.5 Å². The number of nitrogens with two attached hydrogens (primary N) is 2. The van der Waals surface area contributed by atoms with Crippen molar-refractivity contribution in [1.82, 2.24) is 9.91 Å². The van der Waals surface area contributed by atoms with Crippen LogP contribution in [-0.2, 0) is 16.0 Å². The highest BCUT2D eigenvalue weighted by Gasteiger charge is 2.38. The molecule has 2 atom stereocenters. The summed E-state index contributed by atoms with van der Waals surface area (Å²) in [5.74, 6) is 5.11. The molecular weight excluding hydrogens is 392 g/mol. The van der Waals surface area contributed by atoms with Crippen LogP contribution in [0.2, 0.25) is 5.02 Å². The van der Waals surface area contributed by atoms with Gasteiger partial charge in [-0.2, -0.15) is 0 Å². The predicted octanol–water partition coefficient (Wildman–Crippen LogP) is 2.20.